The molecule has 1 amide bonds. The summed E-state index contributed by atoms with van der Waals surface area (Å²) in [5.41, 5.74) is -0.365. The summed E-state index contributed by atoms with van der Waals surface area (Å²) >= 11 is 8.29. The first-order valence-electron chi connectivity index (χ1n) is 7.69. The Labute approximate surface area is 165 Å². The molecule has 11 heteroatoms. The van der Waals surface area contributed by atoms with Gasteiger partial charge in [-0.05, 0) is 25.1 Å². The van der Waals surface area contributed by atoms with E-state index in [4.69, 9.17) is 11.6 Å². The number of rotatable bonds is 4. The Morgan fingerprint density at radius 3 is 2.85 bits per heavy atom. The molecule has 2 heterocycles. The predicted octanol–water partition coefficient (Wildman–Crippen LogP) is 4.31. The number of aromatic amines is 1. The maximum Gasteiger partial charge on any atom is 0.418 e. The summed E-state index contributed by atoms with van der Waals surface area (Å²) in [4.78, 5) is 31.3. The van der Waals surface area contributed by atoms with Crippen molar-refractivity contribution >= 4 is 46.7 Å². The topological polar surface area (TPSA) is 74.8 Å². The molecule has 1 aliphatic rings. The van der Waals surface area contributed by atoms with Crippen LogP contribution in [-0.4, -0.2) is 21.1 Å². The van der Waals surface area contributed by atoms with E-state index in [2.05, 4.69) is 15.3 Å². The summed E-state index contributed by atoms with van der Waals surface area (Å²) in [5.74, 6) is 0.545. The number of halogens is 4. The standard InChI is InChI=1S/C16H13ClF3N3O2S2/c1-7(27-15-22-12-6-26-5-9(12)14(25)23-15)13(24)21-11-4-8(17)2-3-10(11)16(18,19)20/h2-4,7H,5-6H2,1H3,(H,21,24)(H,22,23,25). The van der Waals surface area contributed by atoms with Crippen LogP contribution in [0.3, 0.4) is 0 Å². The van der Waals surface area contributed by atoms with Gasteiger partial charge >= 0.3 is 6.18 Å². The molecule has 1 aromatic carbocycles. The van der Waals surface area contributed by atoms with Crippen molar-refractivity contribution in [2.45, 2.75) is 35.0 Å². The third-order valence-corrected chi connectivity index (χ3v) is 5.96. The van der Waals surface area contributed by atoms with Crippen LogP contribution in [0.5, 0.6) is 0 Å². The summed E-state index contributed by atoms with van der Waals surface area (Å²) < 4.78 is 39.3. The summed E-state index contributed by atoms with van der Waals surface area (Å²) in [6.45, 7) is 1.51. The Morgan fingerprint density at radius 1 is 1.41 bits per heavy atom. The van der Waals surface area contributed by atoms with Crippen LogP contribution in [-0.2, 0) is 22.5 Å². The second kappa shape index (κ2) is 7.76. The molecule has 1 atom stereocenters. The molecule has 2 N–H and O–H groups in total. The van der Waals surface area contributed by atoms with E-state index < -0.39 is 28.6 Å². The van der Waals surface area contributed by atoms with E-state index in [0.717, 1.165) is 30.0 Å². The maximum atomic E-state index is 13.1. The van der Waals surface area contributed by atoms with E-state index in [0.29, 0.717) is 22.8 Å². The molecular weight excluding hydrogens is 423 g/mol. The van der Waals surface area contributed by atoms with Gasteiger partial charge in [-0.1, -0.05) is 23.4 Å². The van der Waals surface area contributed by atoms with Crippen molar-refractivity contribution in [1.29, 1.82) is 0 Å². The zero-order chi connectivity index (χ0) is 19.8. The number of thioether (sulfide) groups is 2. The zero-order valence-corrected chi connectivity index (χ0v) is 16.2. The van der Waals surface area contributed by atoms with Crippen LogP contribution in [0.1, 0.15) is 23.7 Å². The summed E-state index contributed by atoms with van der Waals surface area (Å²) in [6.07, 6.45) is -4.63. The normalized spacial score (nSPS) is 14.7. The van der Waals surface area contributed by atoms with Crippen LogP contribution in [0.2, 0.25) is 5.02 Å². The quantitative estimate of drug-likeness (QED) is 0.553. The van der Waals surface area contributed by atoms with E-state index in [9.17, 15) is 22.8 Å². The van der Waals surface area contributed by atoms with Crippen LogP contribution < -0.4 is 10.9 Å². The third-order valence-electron chi connectivity index (χ3n) is 3.77. The van der Waals surface area contributed by atoms with Gasteiger partial charge in [0, 0.05) is 22.1 Å². The molecule has 0 saturated carbocycles. The molecular formula is C16H13ClF3N3O2S2. The molecule has 1 aromatic heterocycles. The molecule has 0 aliphatic carbocycles. The average molecular weight is 436 g/mol. The van der Waals surface area contributed by atoms with Gasteiger partial charge in [0.05, 0.1) is 22.2 Å². The first-order valence-corrected chi connectivity index (χ1v) is 10.1. The molecule has 2 aromatic rings. The number of alkyl halides is 3. The fourth-order valence-electron chi connectivity index (χ4n) is 2.42. The van der Waals surface area contributed by atoms with E-state index in [1.54, 1.807) is 11.8 Å². The number of hydrogen-bond acceptors (Lipinski definition) is 5. The average Bonchev–Trinajstić information content (AvgIpc) is 3.02. The Bertz CT molecular complexity index is 949. The highest BCUT2D eigenvalue weighted by molar-refractivity contribution is 8.00. The molecule has 27 heavy (non-hydrogen) atoms. The second-order valence-corrected chi connectivity index (χ2v) is 8.48. The number of nitrogens with one attached hydrogen (secondary N) is 2. The van der Waals surface area contributed by atoms with E-state index in [-0.39, 0.29) is 15.7 Å². The van der Waals surface area contributed by atoms with E-state index in [1.807, 2.05) is 0 Å². The summed E-state index contributed by atoms with van der Waals surface area (Å²) in [5, 5.41) is 1.79. The minimum absolute atomic E-state index is 0.0701. The van der Waals surface area contributed by atoms with Crippen LogP contribution in [0, 0.1) is 0 Å². The van der Waals surface area contributed by atoms with Crippen LogP contribution in [0.4, 0.5) is 18.9 Å². The number of H-pyrrole nitrogens is 1. The monoisotopic (exact) mass is 435 g/mol. The lowest BCUT2D eigenvalue weighted by Crippen LogP contribution is -2.25. The van der Waals surface area contributed by atoms with Crippen LogP contribution >= 0.6 is 35.1 Å². The van der Waals surface area contributed by atoms with Gasteiger partial charge in [0.1, 0.15) is 0 Å². The Morgan fingerprint density at radius 2 is 2.15 bits per heavy atom. The van der Waals surface area contributed by atoms with Crippen LogP contribution in [0.15, 0.2) is 28.2 Å². The largest absolute Gasteiger partial charge is 0.418 e. The Kier molecular flexibility index (Phi) is 5.78. The van der Waals surface area contributed by atoms with Gasteiger partial charge in [0.25, 0.3) is 5.56 Å². The lowest BCUT2D eigenvalue weighted by Gasteiger charge is -2.16. The minimum atomic E-state index is -4.63. The van der Waals surface area contributed by atoms with Gasteiger partial charge in [-0.25, -0.2) is 4.98 Å². The molecule has 1 aliphatic heterocycles. The Hall–Kier alpha value is -1.65. The van der Waals surface area contributed by atoms with Gasteiger partial charge in [-0.2, -0.15) is 24.9 Å². The third kappa shape index (κ3) is 4.61. The number of amides is 1. The number of hydrogen-bond donors (Lipinski definition) is 2. The summed E-state index contributed by atoms with van der Waals surface area (Å²) in [7, 11) is 0. The molecule has 0 bridgehead atoms. The highest BCUT2D eigenvalue weighted by atomic mass is 35.5. The van der Waals surface area contributed by atoms with Crippen molar-refractivity contribution in [2.24, 2.45) is 0 Å². The molecule has 3 rings (SSSR count). The smallest absolute Gasteiger partial charge is 0.324 e. The fraction of sp³-hybridized carbons (Fsp3) is 0.312. The highest BCUT2D eigenvalue weighted by Gasteiger charge is 2.34. The minimum Gasteiger partial charge on any atom is -0.324 e. The molecule has 0 spiro atoms. The number of nitrogens with zero attached hydrogens (tertiary/aromatic N) is 1. The van der Waals surface area contributed by atoms with E-state index in [1.165, 1.54) is 6.92 Å². The lowest BCUT2D eigenvalue weighted by atomic mass is 10.1. The van der Waals surface area contributed by atoms with Gasteiger partial charge in [-0.15, -0.1) is 0 Å². The number of benzene rings is 1. The SMILES string of the molecule is CC(Sc1nc2c(c(=O)[nH]1)CSC2)C(=O)Nc1cc(Cl)ccc1C(F)(F)F. The van der Waals surface area contributed by atoms with Crippen molar-refractivity contribution in [2.75, 3.05) is 5.32 Å². The van der Waals surface area contributed by atoms with Crippen molar-refractivity contribution in [3.63, 3.8) is 0 Å². The molecule has 1 unspecified atom stereocenters. The fourth-order valence-corrected chi connectivity index (χ4v) is 4.44. The zero-order valence-electron chi connectivity index (χ0n) is 13.8. The predicted molar refractivity (Wildman–Crippen MR) is 100 cm³/mol. The molecule has 0 saturated heterocycles. The molecule has 0 radical (unpaired) electrons. The van der Waals surface area contributed by atoms with Crippen molar-refractivity contribution < 1.29 is 18.0 Å². The number of aromatic nitrogens is 2. The molecule has 5 nitrogen and oxygen atoms in total. The van der Waals surface area contributed by atoms with Crippen LogP contribution in [0.25, 0.3) is 0 Å². The first kappa shape index (κ1) is 20.1. The first-order chi connectivity index (χ1) is 12.6. The van der Waals surface area contributed by atoms with Crippen molar-refractivity contribution in [3.05, 3.63) is 50.4 Å². The number of anilines is 1. The van der Waals surface area contributed by atoms with Gasteiger partial charge in [-0.3, -0.25) is 9.59 Å². The van der Waals surface area contributed by atoms with Crippen molar-refractivity contribution in [3.8, 4) is 0 Å². The summed E-state index contributed by atoms with van der Waals surface area (Å²) in [6, 6.07) is 2.97. The molecule has 0 fully saturated rings. The maximum absolute atomic E-state index is 13.1. The highest BCUT2D eigenvalue weighted by Crippen LogP contribution is 2.36. The van der Waals surface area contributed by atoms with Gasteiger partial charge < -0.3 is 10.3 Å². The second-order valence-electron chi connectivity index (χ2n) is 5.73. The number of carbonyl (C=O) groups excluding carboxylic acids is 1. The van der Waals surface area contributed by atoms with Gasteiger partial charge in [0.15, 0.2) is 5.16 Å². The molecule has 144 valence electrons. The lowest BCUT2D eigenvalue weighted by molar-refractivity contribution is -0.137. The number of fused-ring (bicyclic) bond motifs is 1. The van der Waals surface area contributed by atoms with Gasteiger partial charge in [0.2, 0.25) is 5.91 Å². The van der Waals surface area contributed by atoms with E-state index >= 15 is 0 Å². The Balaban J connectivity index is 1.77. The van der Waals surface area contributed by atoms with Crippen molar-refractivity contribution in [1.82, 2.24) is 9.97 Å². The number of carbonyl (C=O) groups is 1.